The fourth-order valence-electron chi connectivity index (χ4n) is 5.43. The Hall–Kier alpha value is -1.45. The van der Waals surface area contributed by atoms with Gasteiger partial charge in [0.25, 0.3) is 5.92 Å². The molecule has 1 amide bonds. The van der Waals surface area contributed by atoms with Crippen molar-refractivity contribution in [3.05, 3.63) is 35.9 Å². The van der Waals surface area contributed by atoms with Crippen LogP contribution in [0.5, 0.6) is 0 Å². The highest BCUT2D eigenvalue weighted by molar-refractivity contribution is 5.82. The molecular weight excluding hydrogens is 272 g/mol. The van der Waals surface area contributed by atoms with Crippen LogP contribution in [0.4, 0.5) is 8.78 Å². The van der Waals surface area contributed by atoms with Crippen molar-refractivity contribution in [1.29, 1.82) is 0 Å². The highest BCUT2D eigenvalue weighted by Gasteiger charge is 2.70. The summed E-state index contributed by atoms with van der Waals surface area (Å²) in [6.07, 6.45) is 2.13. The molecule has 21 heavy (non-hydrogen) atoms. The lowest BCUT2D eigenvalue weighted by Gasteiger charge is -2.63. The zero-order valence-electron chi connectivity index (χ0n) is 11.8. The second-order valence-electron chi connectivity index (χ2n) is 7.35. The van der Waals surface area contributed by atoms with Crippen LogP contribution in [0.3, 0.4) is 0 Å². The van der Waals surface area contributed by atoms with Crippen LogP contribution in [0.1, 0.15) is 37.7 Å². The standard InChI is InChI=1S/C17H19F2NO/c18-17(19)12-6-15(11-4-2-1-3-5-11)7-13(17)9-16(8-12,10-15)14(20)21/h1-5,12-13H,6-10H2,(H2,20,21). The fourth-order valence-corrected chi connectivity index (χ4v) is 5.43. The first-order chi connectivity index (χ1) is 9.88. The second-order valence-corrected chi connectivity index (χ2v) is 7.35. The van der Waals surface area contributed by atoms with Crippen molar-refractivity contribution in [2.45, 2.75) is 43.4 Å². The van der Waals surface area contributed by atoms with Gasteiger partial charge in [0, 0.05) is 11.8 Å². The van der Waals surface area contributed by atoms with Crippen molar-refractivity contribution in [3.63, 3.8) is 0 Å². The third kappa shape index (κ3) is 1.59. The van der Waals surface area contributed by atoms with Gasteiger partial charge in [0.15, 0.2) is 0 Å². The van der Waals surface area contributed by atoms with Crippen molar-refractivity contribution in [2.75, 3.05) is 0 Å². The van der Waals surface area contributed by atoms with Crippen LogP contribution >= 0.6 is 0 Å². The second kappa shape index (κ2) is 3.84. The van der Waals surface area contributed by atoms with E-state index in [9.17, 15) is 13.6 Å². The Morgan fingerprint density at radius 3 is 2.14 bits per heavy atom. The maximum Gasteiger partial charge on any atom is 0.253 e. The van der Waals surface area contributed by atoms with E-state index in [1.165, 1.54) is 0 Å². The zero-order chi connectivity index (χ0) is 14.9. The predicted octanol–water partition coefficient (Wildman–Crippen LogP) is 3.26. The topological polar surface area (TPSA) is 43.1 Å². The van der Waals surface area contributed by atoms with E-state index in [1.807, 2.05) is 30.3 Å². The molecule has 4 saturated carbocycles. The van der Waals surface area contributed by atoms with E-state index in [2.05, 4.69) is 0 Å². The highest BCUT2D eigenvalue weighted by atomic mass is 19.3. The lowest BCUT2D eigenvalue weighted by molar-refractivity contribution is -0.231. The van der Waals surface area contributed by atoms with Gasteiger partial charge in [0.05, 0.1) is 5.41 Å². The molecule has 0 aliphatic heterocycles. The number of nitrogens with two attached hydrogens (primary N) is 1. The Labute approximate surface area is 122 Å². The Morgan fingerprint density at radius 2 is 1.62 bits per heavy atom. The van der Waals surface area contributed by atoms with Gasteiger partial charge in [-0.05, 0) is 43.1 Å². The van der Waals surface area contributed by atoms with Gasteiger partial charge < -0.3 is 5.73 Å². The number of rotatable bonds is 2. The highest BCUT2D eigenvalue weighted by Crippen LogP contribution is 2.69. The van der Waals surface area contributed by atoms with Crippen LogP contribution in [0.2, 0.25) is 0 Å². The molecule has 4 aliphatic rings. The number of halogens is 2. The number of alkyl halides is 2. The summed E-state index contributed by atoms with van der Waals surface area (Å²) in [6, 6.07) is 9.86. The summed E-state index contributed by atoms with van der Waals surface area (Å²) in [7, 11) is 0. The Morgan fingerprint density at radius 1 is 1.05 bits per heavy atom. The molecule has 0 heterocycles. The molecule has 5 rings (SSSR count). The third-order valence-corrected chi connectivity index (χ3v) is 6.22. The lowest BCUT2D eigenvalue weighted by atomic mass is 9.41. The minimum Gasteiger partial charge on any atom is -0.369 e. The molecular formula is C17H19F2NO. The smallest absolute Gasteiger partial charge is 0.253 e. The van der Waals surface area contributed by atoms with Crippen LogP contribution in [-0.2, 0) is 10.2 Å². The molecule has 4 aliphatic carbocycles. The number of primary amides is 1. The minimum atomic E-state index is -2.64. The number of hydrogen-bond acceptors (Lipinski definition) is 1. The van der Waals surface area contributed by atoms with Crippen LogP contribution in [0.15, 0.2) is 30.3 Å². The first kappa shape index (κ1) is 13.2. The van der Waals surface area contributed by atoms with E-state index in [0.29, 0.717) is 19.3 Å². The van der Waals surface area contributed by atoms with Crippen LogP contribution in [0, 0.1) is 17.3 Å². The Kier molecular flexibility index (Phi) is 2.42. The van der Waals surface area contributed by atoms with Crippen LogP contribution < -0.4 is 5.73 Å². The van der Waals surface area contributed by atoms with Crippen molar-refractivity contribution < 1.29 is 13.6 Å². The summed E-state index contributed by atoms with van der Waals surface area (Å²) < 4.78 is 28.9. The van der Waals surface area contributed by atoms with Crippen molar-refractivity contribution in [2.24, 2.45) is 23.0 Å². The van der Waals surface area contributed by atoms with E-state index in [0.717, 1.165) is 5.56 Å². The molecule has 4 bridgehead atoms. The van der Waals surface area contributed by atoms with Gasteiger partial charge in [-0.1, -0.05) is 30.3 Å². The predicted molar refractivity (Wildman–Crippen MR) is 74.8 cm³/mol. The maximum absolute atomic E-state index is 14.5. The molecule has 0 aromatic heterocycles. The molecule has 2 nitrogen and oxygen atoms in total. The van der Waals surface area contributed by atoms with Crippen molar-refractivity contribution in [3.8, 4) is 0 Å². The number of amides is 1. The monoisotopic (exact) mass is 291 g/mol. The molecule has 4 fully saturated rings. The zero-order valence-corrected chi connectivity index (χ0v) is 11.8. The quantitative estimate of drug-likeness (QED) is 0.893. The molecule has 4 heteroatoms. The summed E-state index contributed by atoms with van der Waals surface area (Å²) in [6.45, 7) is 0. The third-order valence-electron chi connectivity index (χ3n) is 6.22. The molecule has 0 radical (unpaired) electrons. The van der Waals surface area contributed by atoms with Gasteiger partial charge in [-0.15, -0.1) is 0 Å². The molecule has 2 N–H and O–H groups in total. The number of benzene rings is 1. The average Bonchev–Trinajstić information content (AvgIpc) is 2.45. The molecule has 2 atom stereocenters. The van der Waals surface area contributed by atoms with E-state index in [4.69, 9.17) is 5.73 Å². The number of carbonyl (C=O) groups is 1. The van der Waals surface area contributed by atoms with E-state index in [-0.39, 0.29) is 24.2 Å². The van der Waals surface area contributed by atoms with E-state index < -0.39 is 23.2 Å². The number of carbonyl (C=O) groups excluding carboxylic acids is 1. The molecule has 0 spiro atoms. The molecule has 1 aromatic carbocycles. The maximum atomic E-state index is 14.5. The van der Waals surface area contributed by atoms with E-state index in [1.54, 1.807) is 0 Å². The summed E-state index contributed by atoms with van der Waals surface area (Å²) >= 11 is 0. The Balaban J connectivity index is 1.84. The van der Waals surface area contributed by atoms with Crippen LogP contribution in [-0.4, -0.2) is 11.8 Å². The fraction of sp³-hybridized carbons (Fsp3) is 0.588. The molecule has 1 aromatic rings. The largest absolute Gasteiger partial charge is 0.369 e. The van der Waals surface area contributed by atoms with Gasteiger partial charge in [0.1, 0.15) is 0 Å². The van der Waals surface area contributed by atoms with Crippen LogP contribution in [0.25, 0.3) is 0 Å². The first-order valence-corrected chi connectivity index (χ1v) is 7.61. The summed E-state index contributed by atoms with van der Waals surface area (Å²) in [5.41, 5.74) is 5.72. The van der Waals surface area contributed by atoms with Gasteiger partial charge in [-0.3, -0.25) is 4.79 Å². The average molecular weight is 291 g/mol. The van der Waals surface area contributed by atoms with Gasteiger partial charge in [-0.25, -0.2) is 8.78 Å². The summed E-state index contributed by atoms with van der Waals surface area (Å²) in [5, 5.41) is 0. The summed E-state index contributed by atoms with van der Waals surface area (Å²) in [5.74, 6) is -4.43. The molecule has 112 valence electrons. The Bertz CT molecular complexity index is 580. The van der Waals surface area contributed by atoms with Gasteiger partial charge in [-0.2, -0.15) is 0 Å². The van der Waals surface area contributed by atoms with E-state index >= 15 is 0 Å². The minimum absolute atomic E-state index is 0.264. The molecule has 0 saturated heterocycles. The SMILES string of the molecule is NC(=O)C12CC3CC(c4ccccc4)(CC(C1)C3(F)F)C2. The normalized spacial score (nSPS) is 43.0. The summed E-state index contributed by atoms with van der Waals surface area (Å²) in [4.78, 5) is 12.0. The van der Waals surface area contributed by atoms with Crippen molar-refractivity contribution >= 4 is 5.91 Å². The van der Waals surface area contributed by atoms with Gasteiger partial charge in [0.2, 0.25) is 5.91 Å². The van der Waals surface area contributed by atoms with Crippen molar-refractivity contribution in [1.82, 2.24) is 0 Å². The van der Waals surface area contributed by atoms with Gasteiger partial charge >= 0.3 is 0 Å². The molecule has 2 unspecified atom stereocenters. The lowest BCUT2D eigenvalue weighted by Crippen LogP contribution is -2.65. The first-order valence-electron chi connectivity index (χ1n) is 7.61. The number of hydrogen-bond donors (Lipinski definition) is 1.